The van der Waals surface area contributed by atoms with Gasteiger partial charge in [0.25, 0.3) is 0 Å². The van der Waals surface area contributed by atoms with Gasteiger partial charge in [-0.3, -0.25) is 0 Å². The maximum atomic E-state index is 11.9. The molecule has 1 aliphatic heterocycles. The van der Waals surface area contributed by atoms with Gasteiger partial charge >= 0.3 is 6.09 Å². The third-order valence-electron chi connectivity index (χ3n) is 3.43. The van der Waals surface area contributed by atoms with Crippen molar-refractivity contribution in [1.29, 1.82) is 0 Å². The first-order valence-electron chi connectivity index (χ1n) is 6.08. The average molecular weight is 263 g/mol. The predicted molar refractivity (Wildman–Crippen MR) is 69.2 cm³/mol. The van der Waals surface area contributed by atoms with E-state index in [0.717, 1.165) is 19.5 Å². The van der Waals surface area contributed by atoms with Crippen molar-refractivity contribution in [1.82, 2.24) is 4.90 Å². The van der Waals surface area contributed by atoms with Crippen molar-refractivity contribution < 1.29 is 9.53 Å². The largest absolute Gasteiger partial charge is 0.444 e. The van der Waals surface area contributed by atoms with E-state index in [1.165, 1.54) is 6.42 Å². The van der Waals surface area contributed by atoms with Gasteiger partial charge < -0.3 is 15.4 Å². The molecule has 0 aromatic carbocycles. The van der Waals surface area contributed by atoms with Crippen LogP contribution in [0.3, 0.4) is 0 Å². The molecule has 2 N–H and O–H groups in total. The number of carbonyl (C=O) groups is 1. The van der Waals surface area contributed by atoms with E-state index >= 15 is 0 Å². The number of halogens is 1. The fourth-order valence-electron chi connectivity index (χ4n) is 2.78. The van der Waals surface area contributed by atoms with Crippen LogP contribution in [0.25, 0.3) is 0 Å². The molecule has 1 saturated carbocycles. The molecule has 100 valence electrons. The van der Waals surface area contributed by atoms with Gasteiger partial charge in [-0.1, -0.05) is 0 Å². The number of nitrogens with two attached hydrogens (primary N) is 1. The molecule has 0 spiro atoms. The van der Waals surface area contributed by atoms with Crippen molar-refractivity contribution in [2.24, 2.45) is 17.6 Å². The molecule has 1 amide bonds. The second kappa shape index (κ2) is 5.02. The molecule has 2 rings (SSSR count). The number of hydrogen-bond acceptors (Lipinski definition) is 3. The van der Waals surface area contributed by atoms with Crippen molar-refractivity contribution >= 4 is 18.5 Å². The fraction of sp³-hybridized carbons (Fsp3) is 0.917. The van der Waals surface area contributed by atoms with Gasteiger partial charge in [-0.25, -0.2) is 4.79 Å². The number of fused-ring (bicyclic) bond motifs is 2. The van der Waals surface area contributed by atoms with Crippen LogP contribution in [0.5, 0.6) is 0 Å². The highest BCUT2D eigenvalue weighted by atomic mass is 35.5. The lowest BCUT2D eigenvalue weighted by molar-refractivity contribution is 0.0152. The van der Waals surface area contributed by atoms with Crippen LogP contribution in [-0.2, 0) is 4.74 Å². The van der Waals surface area contributed by atoms with Crippen LogP contribution in [0.1, 0.15) is 33.6 Å². The number of hydrogen-bond donors (Lipinski definition) is 1. The monoisotopic (exact) mass is 262 g/mol. The Morgan fingerprint density at radius 1 is 1.29 bits per heavy atom. The summed E-state index contributed by atoms with van der Waals surface area (Å²) in [6.07, 6.45) is 2.06. The molecule has 0 aromatic heterocycles. The van der Waals surface area contributed by atoms with Gasteiger partial charge in [0, 0.05) is 19.1 Å². The predicted octanol–water partition coefficient (Wildman–Crippen LogP) is 2.01. The molecule has 0 unspecified atom stereocenters. The molecule has 3 atom stereocenters. The first-order valence-corrected chi connectivity index (χ1v) is 6.08. The number of ether oxygens (including phenoxy) is 1. The molecule has 0 aromatic rings. The molecule has 17 heavy (non-hydrogen) atoms. The highest BCUT2D eigenvalue weighted by Crippen LogP contribution is 2.36. The SMILES string of the molecule is CC(C)(C)OC(=O)N1C[C@H]2C[C@@H](C1)[C@H](N)C2.Cl. The fourth-order valence-corrected chi connectivity index (χ4v) is 2.78. The summed E-state index contributed by atoms with van der Waals surface area (Å²) in [4.78, 5) is 13.7. The first-order chi connectivity index (χ1) is 7.35. The van der Waals surface area contributed by atoms with Crippen molar-refractivity contribution in [3.05, 3.63) is 0 Å². The summed E-state index contributed by atoms with van der Waals surface area (Å²) < 4.78 is 5.38. The Hall–Kier alpha value is -0.480. The van der Waals surface area contributed by atoms with Gasteiger partial charge in [0.15, 0.2) is 0 Å². The summed E-state index contributed by atoms with van der Waals surface area (Å²) in [6, 6.07) is 0.275. The minimum Gasteiger partial charge on any atom is -0.444 e. The summed E-state index contributed by atoms with van der Waals surface area (Å²) in [5.41, 5.74) is 5.62. The van der Waals surface area contributed by atoms with Crippen LogP contribution >= 0.6 is 12.4 Å². The molecule has 1 aliphatic carbocycles. The van der Waals surface area contributed by atoms with E-state index in [4.69, 9.17) is 10.5 Å². The molecule has 1 heterocycles. The normalized spacial score (nSPS) is 32.0. The maximum absolute atomic E-state index is 11.9. The summed E-state index contributed by atoms with van der Waals surface area (Å²) in [7, 11) is 0. The lowest BCUT2D eigenvalue weighted by Gasteiger charge is -2.33. The molecular formula is C12H23ClN2O2. The van der Waals surface area contributed by atoms with Crippen LogP contribution in [0.2, 0.25) is 0 Å². The van der Waals surface area contributed by atoms with Crippen LogP contribution < -0.4 is 5.73 Å². The summed E-state index contributed by atoms with van der Waals surface area (Å²) in [5.74, 6) is 1.06. The third kappa shape index (κ3) is 3.49. The van der Waals surface area contributed by atoms with E-state index in [1.54, 1.807) is 0 Å². The van der Waals surface area contributed by atoms with Gasteiger partial charge in [-0.15, -0.1) is 12.4 Å². The second-order valence-corrected chi connectivity index (χ2v) is 6.15. The summed E-state index contributed by atoms with van der Waals surface area (Å²) in [6.45, 7) is 7.28. The Labute approximate surface area is 109 Å². The highest BCUT2D eigenvalue weighted by Gasteiger charge is 2.40. The Morgan fingerprint density at radius 3 is 2.47 bits per heavy atom. The zero-order chi connectivity index (χ0) is 11.9. The minimum atomic E-state index is -0.407. The Kier molecular flexibility index (Phi) is 4.31. The van der Waals surface area contributed by atoms with Crippen LogP contribution in [0.4, 0.5) is 4.79 Å². The van der Waals surface area contributed by atoms with E-state index in [2.05, 4.69) is 0 Å². The Morgan fingerprint density at radius 2 is 1.94 bits per heavy atom. The lowest BCUT2D eigenvalue weighted by atomic mass is 9.98. The van der Waals surface area contributed by atoms with E-state index in [0.29, 0.717) is 11.8 Å². The van der Waals surface area contributed by atoms with Gasteiger partial charge in [-0.2, -0.15) is 0 Å². The van der Waals surface area contributed by atoms with Gasteiger partial charge in [0.1, 0.15) is 5.60 Å². The van der Waals surface area contributed by atoms with E-state index < -0.39 is 5.60 Å². The Balaban J connectivity index is 0.00000144. The van der Waals surface area contributed by atoms with Crippen molar-refractivity contribution in [2.45, 2.75) is 45.3 Å². The number of rotatable bonds is 0. The Bertz CT molecular complexity index is 289. The zero-order valence-electron chi connectivity index (χ0n) is 10.8. The van der Waals surface area contributed by atoms with Crippen molar-refractivity contribution in [3.8, 4) is 0 Å². The third-order valence-corrected chi connectivity index (χ3v) is 3.43. The highest BCUT2D eigenvalue weighted by molar-refractivity contribution is 5.85. The standard InChI is InChI=1S/C12H22N2O2.ClH/c1-12(2,3)16-11(15)14-6-8-4-9(7-14)10(13)5-8;/h8-10H,4-7,13H2,1-3H3;1H/t8-,9-,10+;/m0./s1. The van der Waals surface area contributed by atoms with Crippen LogP contribution in [-0.4, -0.2) is 35.7 Å². The van der Waals surface area contributed by atoms with Crippen LogP contribution in [0.15, 0.2) is 0 Å². The van der Waals surface area contributed by atoms with Crippen LogP contribution in [0, 0.1) is 11.8 Å². The zero-order valence-corrected chi connectivity index (χ0v) is 11.6. The second-order valence-electron chi connectivity index (χ2n) is 6.15. The quantitative estimate of drug-likeness (QED) is 0.727. The van der Waals surface area contributed by atoms with Gasteiger partial charge in [0.2, 0.25) is 0 Å². The van der Waals surface area contributed by atoms with E-state index in [9.17, 15) is 4.79 Å². The number of amides is 1. The molecule has 4 nitrogen and oxygen atoms in total. The molecule has 2 fully saturated rings. The first kappa shape index (κ1) is 14.6. The number of nitrogens with zero attached hydrogens (tertiary/aromatic N) is 1. The maximum Gasteiger partial charge on any atom is 0.410 e. The molecule has 1 saturated heterocycles. The smallest absolute Gasteiger partial charge is 0.410 e. The molecular weight excluding hydrogens is 240 g/mol. The van der Waals surface area contributed by atoms with Crippen molar-refractivity contribution in [2.75, 3.05) is 13.1 Å². The summed E-state index contributed by atoms with van der Waals surface area (Å²) >= 11 is 0. The summed E-state index contributed by atoms with van der Waals surface area (Å²) in [5, 5.41) is 0. The molecule has 0 radical (unpaired) electrons. The number of carbonyl (C=O) groups excluding carboxylic acids is 1. The topological polar surface area (TPSA) is 55.6 Å². The molecule has 2 bridgehead atoms. The minimum absolute atomic E-state index is 0. The lowest BCUT2D eigenvalue weighted by Crippen LogP contribution is -2.45. The number of piperidine rings is 1. The number of likely N-dealkylation sites (tertiary alicyclic amines) is 1. The average Bonchev–Trinajstić information content (AvgIpc) is 2.37. The van der Waals surface area contributed by atoms with Gasteiger partial charge in [-0.05, 0) is 45.4 Å². The van der Waals surface area contributed by atoms with Crippen molar-refractivity contribution in [3.63, 3.8) is 0 Å². The van der Waals surface area contributed by atoms with E-state index in [-0.39, 0.29) is 24.5 Å². The van der Waals surface area contributed by atoms with E-state index in [1.807, 2.05) is 25.7 Å². The molecule has 5 heteroatoms. The van der Waals surface area contributed by atoms with Gasteiger partial charge in [0.05, 0.1) is 0 Å². The molecule has 2 aliphatic rings.